The van der Waals surface area contributed by atoms with Crippen LogP contribution in [0.4, 0.5) is 5.95 Å². The number of carboxylic acids is 1. The fourth-order valence-corrected chi connectivity index (χ4v) is 3.23. The second kappa shape index (κ2) is 4.90. The lowest BCUT2D eigenvalue weighted by molar-refractivity contribution is -0.142. The minimum absolute atomic E-state index is 0.0373. The number of nitrogens with one attached hydrogen (secondary N) is 2. The average Bonchev–Trinajstić information content (AvgIpc) is 2.81. The van der Waals surface area contributed by atoms with Crippen LogP contribution in [-0.2, 0) is 15.0 Å². The standard InChI is InChI=1S/C8H13N5O4S/c14-7(15)6-3-1-2-4-13(6)18(16,17)12-8-9-5-10-11-8/h5-6H,1-4H2,(H,14,15)(H2,9,10,11,12). The zero-order valence-corrected chi connectivity index (χ0v) is 10.2. The summed E-state index contributed by atoms with van der Waals surface area (Å²) in [5, 5.41) is 14.9. The highest BCUT2D eigenvalue weighted by Crippen LogP contribution is 2.21. The van der Waals surface area contributed by atoms with E-state index in [1.165, 1.54) is 0 Å². The number of nitrogens with zero attached hydrogens (tertiary/aromatic N) is 3. The van der Waals surface area contributed by atoms with E-state index in [-0.39, 0.29) is 12.5 Å². The zero-order valence-electron chi connectivity index (χ0n) is 9.40. The number of hydrogen-bond acceptors (Lipinski definition) is 5. The molecule has 0 bridgehead atoms. The number of rotatable bonds is 4. The molecule has 9 nitrogen and oxygen atoms in total. The maximum Gasteiger partial charge on any atom is 0.322 e. The van der Waals surface area contributed by atoms with Gasteiger partial charge in [0.1, 0.15) is 12.4 Å². The summed E-state index contributed by atoms with van der Waals surface area (Å²) in [5.41, 5.74) is 0. The predicted octanol–water partition coefficient (Wildman–Crippen LogP) is -0.599. The molecule has 0 amide bonds. The van der Waals surface area contributed by atoms with Gasteiger partial charge in [-0.3, -0.25) is 4.79 Å². The van der Waals surface area contributed by atoms with Gasteiger partial charge in [0.05, 0.1) is 0 Å². The molecule has 100 valence electrons. The van der Waals surface area contributed by atoms with Crippen molar-refractivity contribution in [1.82, 2.24) is 19.5 Å². The summed E-state index contributed by atoms with van der Waals surface area (Å²) in [4.78, 5) is 14.7. The largest absolute Gasteiger partial charge is 0.480 e. The lowest BCUT2D eigenvalue weighted by atomic mass is 10.1. The number of anilines is 1. The molecule has 1 fully saturated rings. The van der Waals surface area contributed by atoms with Gasteiger partial charge in [-0.05, 0) is 19.3 Å². The highest BCUT2D eigenvalue weighted by atomic mass is 32.2. The Morgan fingerprint density at radius 3 is 2.94 bits per heavy atom. The van der Waals surface area contributed by atoms with Crippen LogP contribution in [-0.4, -0.2) is 51.6 Å². The van der Waals surface area contributed by atoms with Crippen molar-refractivity contribution in [2.24, 2.45) is 0 Å². The van der Waals surface area contributed by atoms with Crippen molar-refractivity contribution in [3.05, 3.63) is 6.33 Å². The van der Waals surface area contributed by atoms with E-state index >= 15 is 0 Å². The van der Waals surface area contributed by atoms with Gasteiger partial charge in [-0.2, -0.15) is 22.8 Å². The molecule has 10 heteroatoms. The van der Waals surface area contributed by atoms with E-state index in [2.05, 4.69) is 19.9 Å². The first-order valence-electron chi connectivity index (χ1n) is 5.38. The first-order chi connectivity index (χ1) is 8.50. The summed E-state index contributed by atoms with van der Waals surface area (Å²) in [6, 6.07) is -1.03. The van der Waals surface area contributed by atoms with Crippen LogP contribution in [0, 0.1) is 0 Å². The molecule has 0 saturated carbocycles. The van der Waals surface area contributed by atoms with Crippen molar-refractivity contribution in [3.8, 4) is 0 Å². The van der Waals surface area contributed by atoms with Gasteiger partial charge in [0, 0.05) is 6.54 Å². The molecule has 1 aromatic heterocycles. The van der Waals surface area contributed by atoms with Crippen LogP contribution in [0.15, 0.2) is 6.33 Å². The lowest BCUT2D eigenvalue weighted by Gasteiger charge is -2.31. The highest BCUT2D eigenvalue weighted by Gasteiger charge is 2.37. The lowest BCUT2D eigenvalue weighted by Crippen LogP contribution is -2.50. The zero-order chi connectivity index (χ0) is 13.2. The van der Waals surface area contributed by atoms with Crippen LogP contribution in [0.1, 0.15) is 19.3 Å². The molecule has 3 N–H and O–H groups in total. The van der Waals surface area contributed by atoms with Crippen LogP contribution in [0.2, 0.25) is 0 Å². The van der Waals surface area contributed by atoms with Gasteiger partial charge in [0.25, 0.3) is 0 Å². The smallest absolute Gasteiger partial charge is 0.322 e. The number of aliphatic carboxylic acids is 1. The maximum absolute atomic E-state index is 12.0. The van der Waals surface area contributed by atoms with E-state index < -0.39 is 22.2 Å². The summed E-state index contributed by atoms with van der Waals surface area (Å²) in [5.74, 6) is -1.18. The number of hydrogen-bond donors (Lipinski definition) is 3. The summed E-state index contributed by atoms with van der Waals surface area (Å²) in [6.45, 7) is 0.181. The van der Waals surface area contributed by atoms with E-state index in [9.17, 15) is 13.2 Å². The Balaban J connectivity index is 2.19. The molecule has 0 radical (unpaired) electrons. The highest BCUT2D eigenvalue weighted by molar-refractivity contribution is 7.90. The van der Waals surface area contributed by atoms with E-state index in [0.717, 1.165) is 10.6 Å². The van der Waals surface area contributed by atoms with Crippen LogP contribution < -0.4 is 4.72 Å². The summed E-state index contributed by atoms with van der Waals surface area (Å²) in [6.07, 6.45) is 2.81. The Kier molecular flexibility index (Phi) is 3.48. The van der Waals surface area contributed by atoms with Gasteiger partial charge in [-0.15, -0.1) is 0 Å². The van der Waals surface area contributed by atoms with Crippen molar-refractivity contribution in [3.63, 3.8) is 0 Å². The third kappa shape index (κ3) is 2.59. The van der Waals surface area contributed by atoms with Crippen molar-refractivity contribution < 1.29 is 18.3 Å². The Labute approximate surface area is 103 Å². The minimum atomic E-state index is -3.93. The molecule has 0 aliphatic carbocycles. The molecule has 2 rings (SSSR count). The fourth-order valence-electron chi connectivity index (χ4n) is 1.87. The summed E-state index contributed by atoms with van der Waals surface area (Å²) < 4.78 is 27.2. The number of H-pyrrole nitrogens is 1. The normalized spacial score (nSPS) is 21.7. The van der Waals surface area contributed by atoms with Gasteiger partial charge in [-0.25, -0.2) is 9.82 Å². The molecule has 1 saturated heterocycles. The van der Waals surface area contributed by atoms with Crippen LogP contribution in [0.5, 0.6) is 0 Å². The Morgan fingerprint density at radius 1 is 1.56 bits per heavy atom. The average molecular weight is 275 g/mol. The fraction of sp³-hybridized carbons (Fsp3) is 0.625. The summed E-state index contributed by atoms with van der Waals surface area (Å²) in [7, 11) is -3.93. The number of carbonyl (C=O) groups is 1. The van der Waals surface area contributed by atoms with Crippen LogP contribution in [0.25, 0.3) is 0 Å². The van der Waals surface area contributed by atoms with Gasteiger partial charge < -0.3 is 5.11 Å². The van der Waals surface area contributed by atoms with E-state index in [4.69, 9.17) is 5.11 Å². The molecule has 0 spiro atoms. The molecule has 1 unspecified atom stereocenters. The monoisotopic (exact) mass is 275 g/mol. The number of carboxylic acid groups (broad SMARTS) is 1. The van der Waals surface area contributed by atoms with Crippen LogP contribution in [0.3, 0.4) is 0 Å². The molecule has 1 aromatic rings. The first kappa shape index (κ1) is 12.8. The summed E-state index contributed by atoms with van der Waals surface area (Å²) >= 11 is 0. The van der Waals surface area contributed by atoms with Crippen molar-refractivity contribution in [1.29, 1.82) is 0 Å². The molecular weight excluding hydrogens is 262 g/mol. The Hall–Kier alpha value is -1.68. The predicted molar refractivity (Wildman–Crippen MR) is 60.9 cm³/mol. The number of aromatic amines is 1. The van der Waals surface area contributed by atoms with Crippen molar-refractivity contribution in [2.75, 3.05) is 11.3 Å². The molecule has 1 aliphatic heterocycles. The van der Waals surface area contributed by atoms with Crippen molar-refractivity contribution >= 4 is 22.1 Å². The van der Waals surface area contributed by atoms with E-state index in [1.807, 2.05) is 0 Å². The number of piperidine rings is 1. The van der Waals surface area contributed by atoms with Crippen LogP contribution >= 0.6 is 0 Å². The molecule has 2 heterocycles. The third-order valence-electron chi connectivity index (χ3n) is 2.69. The van der Waals surface area contributed by atoms with E-state index in [1.54, 1.807) is 0 Å². The van der Waals surface area contributed by atoms with Gasteiger partial charge in [0.15, 0.2) is 0 Å². The first-order valence-corrected chi connectivity index (χ1v) is 6.82. The van der Waals surface area contributed by atoms with Gasteiger partial charge >= 0.3 is 16.2 Å². The van der Waals surface area contributed by atoms with E-state index in [0.29, 0.717) is 19.3 Å². The number of aromatic nitrogens is 3. The molecule has 18 heavy (non-hydrogen) atoms. The van der Waals surface area contributed by atoms with Crippen molar-refractivity contribution in [2.45, 2.75) is 25.3 Å². The van der Waals surface area contributed by atoms with Gasteiger partial charge in [-0.1, -0.05) is 0 Å². The second-order valence-electron chi connectivity index (χ2n) is 3.90. The molecule has 1 atom stereocenters. The Bertz CT molecular complexity index is 514. The minimum Gasteiger partial charge on any atom is -0.480 e. The third-order valence-corrected chi connectivity index (χ3v) is 4.19. The second-order valence-corrected chi connectivity index (χ2v) is 5.52. The quantitative estimate of drug-likeness (QED) is 0.673. The van der Waals surface area contributed by atoms with Gasteiger partial charge in [0.2, 0.25) is 5.95 Å². The Morgan fingerprint density at radius 2 is 2.33 bits per heavy atom. The topological polar surface area (TPSA) is 128 Å². The molecular formula is C8H13N5O4S. The molecule has 0 aromatic carbocycles. The SMILES string of the molecule is O=C(O)C1CCCCN1S(=O)(=O)Nc1ncn[nH]1. The molecule has 1 aliphatic rings. The maximum atomic E-state index is 12.0.